The highest BCUT2D eigenvalue weighted by atomic mass is 32.1. The predicted molar refractivity (Wildman–Crippen MR) is 111 cm³/mol. The van der Waals surface area contributed by atoms with Gasteiger partial charge in [0.05, 0.1) is 18.3 Å². The number of piperazine rings is 1. The van der Waals surface area contributed by atoms with Crippen molar-refractivity contribution in [1.29, 1.82) is 0 Å². The van der Waals surface area contributed by atoms with E-state index in [9.17, 15) is 9.59 Å². The Morgan fingerprint density at radius 1 is 1.10 bits per heavy atom. The first-order chi connectivity index (χ1) is 14.2. The van der Waals surface area contributed by atoms with Gasteiger partial charge in [-0.1, -0.05) is 19.3 Å². The normalized spacial score (nSPS) is 18.6. The first-order valence-corrected chi connectivity index (χ1v) is 11.1. The fourth-order valence-electron chi connectivity index (χ4n) is 4.07. The lowest BCUT2D eigenvalue weighted by Crippen LogP contribution is -2.52. The minimum Gasteiger partial charge on any atom is -0.340 e. The molecular formula is C20H26N6O2S. The first-order valence-electron chi connectivity index (χ1n) is 10.2. The van der Waals surface area contributed by atoms with Crippen molar-refractivity contribution in [3.05, 3.63) is 35.4 Å². The molecule has 3 heterocycles. The van der Waals surface area contributed by atoms with Crippen LogP contribution in [0, 0.1) is 0 Å². The van der Waals surface area contributed by atoms with Crippen molar-refractivity contribution < 1.29 is 9.59 Å². The van der Waals surface area contributed by atoms with E-state index < -0.39 is 0 Å². The van der Waals surface area contributed by atoms with Gasteiger partial charge in [-0.25, -0.2) is 9.97 Å². The zero-order valence-electron chi connectivity index (χ0n) is 16.4. The summed E-state index contributed by atoms with van der Waals surface area (Å²) in [6.07, 6.45) is 11.3. The maximum atomic E-state index is 12.7. The zero-order chi connectivity index (χ0) is 20.1. The molecule has 2 aromatic rings. The Balaban J connectivity index is 1.26. The Kier molecular flexibility index (Phi) is 6.46. The number of carbonyl (C=O) groups is 2. The molecule has 1 aliphatic heterocycles. The van der Waals surface area contributed by atoms with Gasteiger partial charge in [0.25, 0.3) is 5.91 Å². The van der Waals surface area contributed by atoms with Crippen LogP contribution in [0.15, 0.2) is 24.0 Å². The van der Waals surface area contributed by atoms with Crippen LogP contribution in [0.2, 0.25) is 0 Å². The molecule has 29 heavy (non-hydrogen) atoms. The number of amides is 2. The second-order valence-electron chi connectivity index (χ2n) is 7.57. The summed E-state index contributed by atoms with van der Waals surface area (Å²) >= 11 is 1.31. The van der Waals surface area contributed by atoms with E-state index in [1.807, 2.05) is 10.3 Å². The Hall–Kier alpha value is -2.39. The van der Waals surface area contributed by atoms with Gasteiger partial charge in [0.1, 0.15) is 5.69 Å². The molecule has 1 saturated heterocycles. The third-order valence-corrected chi connectivity index (χ3v) is 6.46. The number of hydrogen-bond acceptors (Lipinski definition) is 7. The van der Waals surface area contributed by atoms with E-state index in [-0.39, 0.29) is 23.9 Å². The van der Waals surface area contributed by atoms with Gasteiger partial charge in [-0.05, 0) is 12.8 Å². The van der Waals surface area contributed by atoms with Gasteiger partial charge in [-0.3, -0.25) is 24.8 Å². The molecular weight excluding hydrogens is 388 g/mol. The van der Waals surface area contributed by atoms with E-state index in [1.165, 1.54) is 62.0 Å². The van der Waals surface area contributed by atoms with E-state index >= 15 is 0 Å². The van der Waals surface area contributed by atoms with Crippen LogP contribution in [0.3, 0.4) is 0 Å². The third kappa shape index (κ3) is 5.16. The quantitative estimate of drug-likeness (QED) is 0.807. The summed E-state index contributed by atoms with van der Waals surface area (Å²) in [5.74, 6) is -0.255. The number of hydrogen-bond donors (Lipinski definition) is 1. The second-order valence-corrected chi connectivity index (χ2v) is 8.43. The predicted octanol–water partition coefficient (Wildman–Crippen LogP) is 2.20. The number of nitrogens with one attached hydrogen (secondary N) is 1. The minimum absolute atomic E-state index is 0.102. The molecule has 2 fully saturated rings. The summed E-state index contributed by atoms with van der Waals surface area (Å²) in [5.41, 5.74) is 0.917. The summed E-state index contributed by atoms with van der Waals surface area (Å²) in [5, 5.41) is 4.99. The van der Waals surface area contributed by atoms with Crippen LogP contribution in [-0.2, 0) is 11.2 Å². The SMILES string of the molecule is O=C(Nc1nc(CC(=O)N2CCN(C3CCCCC3)CC2)cs1)c1cnccn1. The van der Waals surface area contributed by atoms with Crippen LogP contribution in [0.1, 0.15) is 48.3 Å². The molecule has 1 saturated carbocycles. The summed E-state index contributed by atoms with van der Waals surface area (Å²) < 4.78 is 0. The molecule has 1 aliphatic carbocycles. The van der Waals surface area contributed by atoms with E-state index in [4.69, 9.17) is 0 Å². The van der Waals surface area contributed by atoms with Gasteiger partial charge in [-0.15, -0.1) is 11.3 Å². The van der Waals surface area contributed by atoms with Gasteiger partial charge in [0.2, 0.25) is 5.91 Å². The molecule has 0 bridgehead atoms. The summed E-state index contributed by atoms with van der Waals surface area (Å²) in [4.78, 5) is 41.5. The third-order valence-electron chi connectivity index (χ3n) is 5.66. The van der Waals surface area contributed by atoms with Gasteiger partial charge >= 0.3 is 0 Å². The van der Waals surface area contributed by atoms with Crippen molar-refractivity contribution >= 4 is 28.3 Å². The maximum Gasteiger partial charge on any atom is 0.277 e. The van der Waals surface area contributed by atoms with E-state index in [0.29, 0.717) is 16.9 Å². The highest BCUT2D eigenvalue weighted by Gasteiger charge is 2.27. The van der Waals surface area contributed by atoms with Crippen LogP contribution in [0.5, 0.6) is 0 Å². The van der Waals surface area contributed by atoms with E-state index in [0.717, 1.165) is 26.2 Å². The monoisotopic (exact) mass is 414 g/mol. The number of carbonyl (C=O) groups excluding carboxylic acids is 2. The van der Waals surface area contributed by atoms with Crippen molar-refractivity contribution in [3.63, 3.8) is 0 Å². The molecule has 0 spiro atoms. The van der Waals surface area contributed by atoms with Crippen molar-refractivity contribution in [2.24, 2.45) is 0 Å². The molecule has 2 amide bonds. The first kappa shape index (κ1) is 19.9. The van der Waals surface area contributed by atoms with Crippen LogP contribution in [0.4, 0.5) is 5.13 Å². The standard InChI is InChI=1S/C20H26N6O2S/c27-18(26-10-8-25(9-11-26)16-4-2-1-3-5-16)12-15-14-29-20(23-15)24-19(28)17-13-21-6-7-22-17/h6-7,13-14,16H,1-5,8-12H2,(H,23,24,28). The fraction of sp³-hybridized carbons (Fsp3) is 0.550. The highest BCUT2D eigenvalue weighted by Crippen LogP contribution is 2.24. The van der Waals surface area contributed by atoms with Crippen molar-refractivity contribution in [3.8, 4) is 0 Å². The largest absolute Gasteiger partial charge is 0.340 e. The molecule has 0 radical (unpaired) electrons. The molecule has 0 aromatic carbocycles. The molecule has 4 rings (SSSR count). The minimum atomic E-state index is -0.357. The van der Waals surface area contributed by atoms with Crippen molar-refractivity contribution in [1.82, 2.24) is 24.8 Å². The van der Waals surface area contributed by atoms with Crippen LogP contribution >= 0.6 is 11.3 Å². The lowest BCUT2D eigenvalue weighted by Gasteiger charge is -2.40. The number of rotatable bonds is 5. The molecule has 2 aliphatic rings. The Labute approximate surface area is 174 Å². The van der Waals surface area contributed by atoms with Crippen LogP contribution in [-0.4, -0.2) is 68.8 Å². The smallest absolute Gasteiger partial charge is 0.277 e. The Bertz CT molecular complexity index is 829. The number of anilines is 1. The Morgan fingerprint density at radius 2 is 1.90 bits per heavy atom. The van der Waals surface area contributed by atoms with Gasteiger partial charge in [0.15, 0.2) is 5.13 Å². The lowest BCUT2D eigenvalue weighted by atomic mass is 9.94. The topological polar surface area (TPSA) is 91.3 Å². The average Bonchev–Trinajstić information content (AvgIpc) is 3.21. The lowest BCUT2D eigenvalue weighted by molar-refractivity contribution is -0.132. The van der Waals surface area contributed by atoms with Crippen molar-refractivity contribution in [2.45, 2.75) is 44.6 Å². The van der Waals surface area contributed by atoms with Gasteiger partial charge in [0, 0.05) is 50.0 Å². The van der Waals surface area contributed by atoms with Crippen molar-refractivity contribution in [2.75, 3.05) is 31.5 Å². The van der Waals surface area contributed by atoms with Gasteiger partial charge in [-0.2, -0.15) is 0 Å². The van der Waals surface area contributed by atoms with E-state index in [1.54, 1.807) is 0 Å². The molecule has 154 valence electrons. The molecule has 0 unspecified atom stereocenters. The zero-order valence-corrected chi connectivity index (χ0v) is 17.2. The van der Waals surface area contributed by atoms with Gasteiger partial charge < -0.3 is 4.90 Å². The molecule has 9 heteroatoms. The second kappa shape index (κ2) is 9.41. The summed E-state index contributed by atoms with van der Waals surface area (Å²) in [6, 6.07) is 0.708. The summed E-state index contributed by atoms with van der Waals surface area (Å²) in [6.45, 7) is 3.51. The molecule has 8 nitrogen and oxygen atoms in total. The summed E-state index contributed by atoms with van der Waals surface area (Å²) in [7, 11) is 0. The molecule has 2 aromatic heterocycles. The average molecular weight is 415 g/mol. The number of aromatic nitrogens is 3. The van der Waals surface area contributed by atoms with E-state index in [2.05, 4.69) is 25.2 Å². The van der Waals surface area contributed by atoms with Crippen LogP contribution < -0.4 is 5.32 Å². The maximum absolute atomic E-state index is 12.7. The Morgan fingerprint density at radius 3 is 2.62 bits per heavy atom. The fourth-order valence-corrected chi connectivity index (χ4v) is 4.78. The molecule has 0 atom stereocenters. The molecule has 1 N–H and O–H groups in total. The number of nitrogens with zero attached hydrogens (tertiary/aromatic N) is 5. The number of thiazole rings is 1. The highest BCUT2D eigenvalue weighted by molar-refractivity contribution is 7.14. The van der Waals surface area contributed by atoms with Crippen LogP contribution in [0.25, 0.3) is 0 Å².